The third kappa shape index (κ3) is 5.13. The van der Waals surface area contributed by atoms with Gasteiger partial charge in [-0.25, -0.2) is 14.4 Å². The maximum atomic E-state index is 12.5. The van der Waals surface area contributed by atoms with Gasteiger partial charge in [-0.05, 0) is 5.56 Å². The molecule has 0 radical (unpaired) electrons. The van der Waals surface area contributed by atoms with E-state index in [-0.39, 0.29) is 12.5 Å². The van der Waals surface area contributed by atoms with Gasteiger partial charge in [0.05, 0.1) is 13.2 Å². The number of ether oxygens (including phenoxy) is 2. The average molecular weight is 391 g/mol. The molecule has 152 valence electrons. The number of carboxylic acid groups (broad SMARTS) is 1. The summed E-state index contributed by atoms with van der Waals surface area (Å²) in [7, 11) is 0. The van der Waals surface area contributed by atoms with E-state index in [2.05, 4.69) is 0 Å². The van der Waals surface area contributed by atoms with Gasteiger partial charge in [-0.3, -0.25) is 0 Å². The minimum Gasteiger partial charge on any atom is -0.478 e. The van der Waals surface area contributed by atoms with Gasteiger partial charge in [0.1, 0.15) is 0 Å². The van der Waals surface area contributed by atoms with Gasteiger partial charge < -0.3 is 29.3 Å². The molecule has 1 unspecified atom stereocenters. The number of rotatable bonds is 4. The normalized spacial score (nSPS) is 18.5. The molecule has 0 spiro atoms. The highest BCUT2D eigenvalue weighted by Gasteiger charge is 2.31. The zero-order chi connectivity index (χ0) is 19.9. The zero-order valence-electron chi connectivity index (χ0n) is 15.7. The van der Waals surface area contributed by atoms with Crippen molar-refractivity contribution in [1.82, 2.24) is 14.7 Å². The number of benzene rings is 1. The van der Waals surface area contributed by atoms with E-state index in [0.717, 1.165) is 5.56 Å². The van der Waals surface area contributed by atoms with E-state index >= 15 is 0 Å². The van der Waals surface area contributed by atoms with Gasteiger partial charge in [-0.2, -0.15) is 0 Å². The molecule has 1 N–H and O–H groups in total. The topological polar surface area (TPSA) is 99.6 Å². The number of carboxylic acids is 1. The molecule has 1 aromatic carbocycles. The van der Waals surface area contributed by atoms with E-state index in [9.17, 15) is 19.5 Å². The molecular weight excluding hydrogens is 366 g/mol. The smallest absolute Gasteiger partial charge is 0.410 e. The molecule has 2 aliphatic rings. The molecule has 0 bridgehead atoms. The summed E-state index contributed by atoms with van der Waals surface area (Å²) in [5.41, 5.74) is 0.781. The van der Waals surface area contributed by atoms with Crippen LogP contribution in [-0.2, 0) is 20.7 Å². The van der Waals surface area contributed by atoms with Crippen molar-refractivity contribution in [3.8, 4) is 0 Å². The molecule has 9 nitrogen and oxygen atoms in total. The Morgan fingerprint density at radius 2 is 1.50 bits per heavy atom. The number of piperazine rings is 1. The van der Waals surface area contributed by atoms with E-state index in [4.69, 9.17) is 9.47 Å². The molecule has 2 aliphatic heterocycles. The highest BCUT2D eigenvalue weighted by Crippen LogP contribution is 2.12. The Hall–Kier alpha value is -2.81. The first-order chi connectivity index (χ1) is 13.5. The minimum atomic E-state index is -1.25. The molecule has 2 heterocycles. The lowest BCUT2D eigenvalue weighted by atomic mass is 10.1. The fraction of sp³-hybridized carbons (Fsp3) is 0.526. The number of amides is 3. The monoisotopic (exact) mass is 391 g/mol. The van der Waals surface area contributed by atoms with E-state index in [1.165, 1.54) is 4.90 Å². The number of morpholine rings is 1. The van der Waals surface area contributed by atoms with Crippen LogP contribution in [-0.4, -0.2) is 96.5 Å². The van der Waals surface area contributed by atoms with E-state index in [1.54, 1.807) is 34.1 Å². The Kier molecular flexibility index (Phi) is 6.70. The Morgan fingerprint density at radius 1 is 0.929 bits per heavy atom. The second kappa shape index (κ2) is 9.41. The van der Waals surface area contributed by atoms with E-state index in [0.29, 0.717) is 52.5 Å². The molecule has 0 aliphatic carbocycles. The second-order valence-electron chi connectivity index (χ2n) is 6.76. The van der Waals surface area contributed by atoms with Crippen molar-refractivity contribution >= 4 is 18.1 Å². The van der Waals surface area contributed by atoms with Crippen molar-refractivity contribution in [3.05, 3.63) is 35.9 Å². The van der Waals surface area contributed by atoms with Gasteiger partial charge in [0.2, 0.25) is 6.10 Å². The Morgan fingerprint density at radius 3 is 2.11 bits per heavy atom. The standard InChI is InChI=1S/C19H25N3O6/c23-17(24)16(14-15-4-2-1-3-5-15)28-19(26)22-8-6-20(7-9-22)18(25)21-10-12-27-13-11-21/h1-5,16H,6-14H2,(H,23,24). The first-order valence-corrected chi connectivity index (χ1v) is 9.38. The lowest BCUT2D eigenvalue weighted by Crippen LogP contribution is -2.56. The lowest BCUT2D eigenvalue weighted by Gasteiger charge is -2.38. The molecule has 3 amide bonds. The summed E-state index contributed by atoms with van der Waals surface area (Å²) in [5, 5.41) is 9.38. The van der Waals surface area contributed by atoms with Crippen LogP contribution in [0.1, 0.15) is 5.56 Å². The Balaban J connectivity index is 1.49. The lowest BCUT2D eigenvalue weighted by molar-refractivity contribution is -0.147. The van der Waals surface area contributed by atoms with Gasteiger partial charge in [0, 0.05) is 45.7 Å². The molecule has 1 aromatic rings. The molecule has 0 aromatic heterocycles. The molecule has 2 fully saturated rings. The van der Waals surface area contributed by atoms with Crippen LogP contribution in [0.4, 0.5) is 9.59 Å². The summed E-state index contributed by atoms with van der Waals surface area (Å²) >= 11 is 0. The van der Waals surface area contributed by atoms with Crippen molar-refractivity contribution in [2.75, 3.05) is 52.5 Å². The first kappa shape index (κ1) is 19.9. The summed E-state index contributed by atoms with van der Waals surface area (Å²) < 4.78 is 10.5. The fourth-order valence-electron chi connectivity index (χ4n) is 3.24. The highest BCUT2D eigenvalue weighted by atomic mass is 16.6. The molecule has 3 rings (SSSR count). The predicted molar refractivity (Wildman–Crippen MR) is 99.0 cm³/mol. The number of urea groups is 1. The number of carbonyl (C=O) groups is 3. The van der Waals surface area contributed by atoms with Crippen LogP contribution in [0.15, 0.2) is 30.3 Å². The van der Waals surface area contributed by atoms with Gasteiger partial charge in [-0.15, -0.1) is 0 Å². The number of hydrogen-bond acceptors (Lipinski definition) is 5. The fourth-order valence-corrected chi connectivity index (χ4v) is 3.24. The predicted octanol–water partition coefficient (Wildman–Crippen LogP) is 0.889. The number of nitrogens with zero attached hydrogens (tertiary/aromatic N) is 3. The molecular formula is C19H25N3O6. The van der Waals surface area contributed by atoms with E-state index < -0.39 is 18.2 Å². The number of carbonyl (C=O) groups excluding carboxylic acids is 2. The van der Waals surface area contributed by atoms with Crippen molar-refractivity contribution in [2.45, 2.75) is 12.5 Å². The maximum Gasteiger partial charge on any atom is 0.410 e. The first-order valence-electron chi connectivity index (χ1n) is 9.38. The summed E-state index contributed by atoms with van der Waals surface area (Å²) in [6.45, 7) is 3.62. The average Bonchev–Trinajstić information content (AvgIpc) is 2.74. The number of aliphatic carboxylic acids is 1. The quantitative estimate of drug-likeness (QED) is 0.818. The van der Waals surface area contributed by atoms with Gasteiger partial charge in [0.15, 0.2) is 0 Å². The van der Waals surface area contributed by atoms with Gasteiger partial charge >= 0.3 is 18.1 Å². The maximum absolute atomic E-state index is 12.5. The Bertz CT molecular complexity index is 684. The Labute approximate surface area is 163 Å². The SMILES string of the molecule is O=C(O)C(Cc1ccccc1)OC(=O)N1CCN(C(=O)N2CCOCC2)CC1. The van der Waals surface area contributed by atoms with Crippen molar-refractivity contribution in [2.24, 2.45) is 0 Å². The van der Waals surface area contributed by atoms with Crippen LogP contribution in [0.2, 0.25) is 0 Å². The van der Waals surface area contributed by atoms with Crippen LogP contribution in [0.25, 0.3) is 0 Å². The van der Waals surface area contributed by atoms with Gasteiger partial charge in [0.25, 0.3) is 0 Å². The van der Waals surface area contributed by atoms with Crippen LogP contribution >= 0.6 is 0 Å². The second-order valence-corrected chi connectivity index (χ2v) is 6.76. The van der Waals surface area contributed by atoms with Crippen molar-refractivity contribution in [3.63, 3.8) is 0 Å². The third-order valence-electron chi connectivity index (χ3n) is 4.87. The molecule has 28 heavy (non-hydrogen) atoms. The molecule has 9 heteroatoms. The molecule has 1 atom stereocenters. The number of hydrogen-bond donors (Lipinski definition) is 1. The summed E-state index contributed by atoms with van der Waals surface area (Å²) in [5.74, 6) is -1.18. The summed E-state index contributed by atoms with van der Waals surface area (Å²) in [4.78, 5) is 41.2. The van der Waals surface area contributed by atoms with Crippen LogP contribution in [0, 0.1) is 0 Å². The zero-order valence-corrected chi connectivity index (χ0v) is 15.7. The van der Waals surface area contributed by atoms with Crippen LogP contribution in [0.5, 0.6) is 0 Å². The van der Waals surface area contributed by atoms with Crippen LogP contribution < -0.4 is 0 Å². The minimum absolute atomic E-state index is 0.0520. The molecule has 0 saturated carbocycles. The summed E-state index contributed by atoms with van der Waals surface area (Å²) in [6, 6.07) is 8.98. The third-order valence-corrected chi connectivity index (χ3v) is 4.87. The van der Waals surface area contributed by atoms with Crippen molar-refractivity contribution < 1.29 is 29.0 Å². The van der Waals surface area contributed by atoms with Gasteiger partial charge in [-0.1, -0.05) is 30.3 Å². The highest BCUT2D eigenvalue weighted by molar-refractivity contribution is 5.78. The van der Waals surface area contributed by atoms with E-state index in [1.807, 2.05) is 6.07 Å². The molecule has 2 saturated heterocycles. The van der Waals surface area contributed by atoms with Crippen LogP contribution in [0.3, 0.4) is 0 Å². The largest absolute Gasteiger partial charge is 0.478 e. The summed E-state index contributed by atoms with van der Waals surface area (Å²) in [6.07, 6.45) is -1.80. The van der Waals surface area contributed by atoms with Crippen molar-refractivity contribution in [1.29, 1.82) is 0 Å².